The molecular formula is C26H25Cl2N3O2. The van der Waals surface area contributed by atoms with Gasteiger partial charge in [0.25, 0.3) is 5.91 Å². The summed E-state index contributed by atoms with van der Waals surface area (Å²) in [6.07, 6.45) is 0. The molecular weight excluding hydrogens is 457 g/mol. The molecule has 3 aromatic carbocycles. The number of carbonyl (C=O) groups is 2. The zero-order valence-electron chi connectivity index (χ0n) is 18.1. The Kier molecular flexibility index (Phi) is 7.65. The van der Waals surface area contributed by atoms with Gasteiger partial charge in [-0.3, -0.25) is 14.5 Å². The highest BCUT2D eigenvalue weighted by Crippen LogP contribution is 2.28. The van der Waals surface area contributed by atoms with Crippen molar-refractivity contribution < 1.29 is 9.59 Å². The maximum absolute atomic E-state index is 13.3. The molecule has 1 aliphatic rings. The molecule has 0 radical (unpaired) electrons. The molecule has 1 N–H and O–H groups in total. The summed E-state index contributed by atoms with van der Waals surface area (Å²) < 4.78 is 0. The fourth-order valence-electron chi connectivity index (χ4n) is 4.09. The largest absolute Gasteiger partial charge is 0.350 e. The van der Waals surface area contributed by atoms with Gasteiger partial charge in [-0.2, -0.15) is 0 Å². The van der Waals surface area contributed by atoms with Crippen molar-refractivity contribution in [2.75, 3.05) is 26.2 Å². The lowest BCUT2D eigenvalue weighted by Crippen LogP contribution is -2.52. The molecule has 1 saturated heterocycles. The first-order valence-electron chi connectivity index (χ1n) is 10.9. The van der Waals surface area contributed by atoms with Gasteiger partial charge in [0.05, 0.1) is 15.6 Å². The van der Waals surface area contributed by atoms with Crippen LogP contribution < -0.4 is 5.32 Å². The first kappa shape index (κ1) is 23.3. The van der Waals surface area contributed by atoms with Crippen LogP contribution in [-0.2, 0) is 11.3 Å². The number of benzene rings is 3. The Hall–Kier alpha value is -2.86. The van der Waals surface area contributed by atoms with Crippen LogP contribution in [0, 0.1) is 0 Å². The summed E-state index contributed by atoms with van der Waals surface area (Å²) in [5.41, 5.74) is 2.30. The summed E-state index contributed by atoms with van der Waals surface area (Å²) in [5.74, 6) is -0.242. The molecule has 0 unspecified atom stereocenters. The fourth-order valence-corrected chi connectivity index (χ4v) is 4.65. The highest BCUT2D eigenvalue weighted by Gasteiger charge is 2.32. The maximum atomic E-state index is 13.3. The molecule has 0 aliphatic carbocycles. The molecule has 4 rings (SSSR count). The Bertz CT molecular complexity index is 1080. The van der Waals surface area contributed by atoms with Gasteiger partial charge in [0.15, 0.2) is 0 Å². The molecule has 1 atom stereocenters. The number of rotatable bonds is 6. The summed E-state index contributed by atoms with van der Waals surface area (Å²) in [4.78, 5) is 30.2. The Morgan fingerprint density at radius 1 is 0.788 bits per heavy atom. The van der Waals surface area contributed by atoms with Crippen molar-refractivity contribution in [2.24, 2.45) is 0 Å². The van der Waals surface area contributed by atoms with E-state index in [4.69, 9.17) is 23.2 Å². The summed E-state index contributed by atoms with van der Waals surface area (Å²) >= 11 is 12.5. The summed E-state index contributed by atoms with van der Waals surface area (Å²) in [5, 5.41) is 3.76. The Morgan fingerprint density at radius 2 is 1.36 bits per heavy atom. The van der Waals surface area contributed by atoms with Crippen molar-refractivity contribution >= 4 is 35.0 Å². The van der Waals surface area contributed by atoms with E-state index in [1.165, 1.54) is 0 Å². The van der Waals surface area contributed by atoms with Gasteiger partial charge >= 0.3 is 0 Å². The third-order valence-electron chi connectivity index (χ3n) is 5.82. The van der Waals surface area contributed by atoms with Crippen LogP contribution in [0.1, 0.15) is 27.5 Å². The van der Waals surface area contributed by atoms with Crippen LogP contribution in [0.25, 0.3) is 0 Å². The fraction of sp³-hybridized carbons (Fsp3) is 0.231. The van der Waals surface area contributed by atoms with Crippen molar-refractivity contribution in [3.05, 3.63) is 106 Å². The number of nitrogens with zero attached hydrogens (tertiary/aromatic N) is 2. The monoisotopic (exact) mass is 481 g/mol. The van der Waals surface area contributed by atoms with Gasteiger partial charge < -0.3 is 10.2 Å². The van der Waals surface area contributed by atoms with Crippen LogP contribution in [0.5, 0.6) is 0 Å². The molecule has 0 aromatic heterocycles. The smallest absolute Gasteiger partial charge is 0.256 e. The number of piperazine rings is 1. The van der Waals surface area contributed by atoms with Crippen molar-refractivity contribution in [1.29, 1.82) is 0 Å². The van der Waals surface area contributed by atoms with Crippen molar-refractivity contribution in [1.82, 2.24) is 15.1 Å². The van der Waals surface area contributed by atoms with Crippen LogP contribution >= 0.6 is 23.2 Å². The van der Waals surface area contributed by atoms with Gasteiger partial charge in [0, 0.05) is 32.7 Å². The van der Waals surface area contributed by atoms with E-state index < -0.39 is 6.04 Å². The quantitative estimate of drug-likeness (QED) is 0.549. The summed E-state index contributed by atoms with van der Waals surface area (Å²) in [6, 6.07) is 24.2. The molecule has 1 aliphatic heterocycles. The van der Waals surface area contributed by atoms with Gasteiger partial charge in [-0.25, -0.2) is 0 Å². The van der Waals surface area contributed by atoms with Gasteiger partial charge in [0.1, 0.15) is 6.04 Å². The Labute approximate surface area is 203 Å². The number of amides is 2. The standard InChI is InChI=1S/C26H25Cl2N3O2/c27-21-12-7-13-22(28)23(21)26(33)31-16-14-30(15-17-31)24(20-10-5-2-6-11-20)25(32)29-18-19-8-3-1-4-9-19/h1-13,24H,14-18H2,(H,29,32)/t24-/m0/s1. The highest BCUT2D eigenvalue weighted by molar-refractivity contribution is 6.39. The van der Waals surface area contributed by atoms with Gasteiger partial charge in [-0.05, 0) is 23.3 Å². The molecule has 0 spiro atoms. The molecule has 1 fully saturated rings. The van der Waals surface area contributed by atoms with E-state index >= 15 is 0 Å². The lowest BCUT2D eigenvalue weighted by molar-refractivity contribution is -0.127. The van der Waals surface area contributed by atoms with E-state index in [0.717, 1.165) is 11.1 Å². The molecule has 5 nitrogen and oxygen atoms in total. The minimum Gasteiger partial charge on any atom is -0.350 e. The lowest BCUT2D eigenvalue weighted by Gasteiger charge is -2.39. The van der Waals surface area contributed by atoms with Gasteiger partial charge in [-0.1, -0.05) is 89.9 Å². The molecule has 3 aromatic rings. The normalized spacial score (nSPS) is 15.2. The van der Waals surface area contributed by atoms with Crippen molar-refractivity contribution in [3.63, 3.8) is 0 Å². The topological polar surface area (TPSA) is 52.7 Å². The molecule has 33 heavy (non-hydrogen) atoms. The SMILES string of the molecule is O=C(NCc1ccccc1)[C@H](c1ccccc1)N1CCN(C(=O)c2c(Cl)cccc2Cl)CC1. The first-order valence-corrected chi connectivity index (χ1v) is 11.6. The average molecular weight is 482 g/mol. The number of hydrogen-bond donors (Lipinski definition) is 1. The van der Waals surface area contributed by atoms with E-state index in [0.29, 0.717) is 48.3 Å². The number of nitrogens with one attached hydrogen (secondary N) is 1. The molecule has 0 saturated carbocycles. The Morgan fingerprint density at radius 3 is 1.97 bits per heavy atom. The maximum Gasteiger partial charge on any atom is 0.256 e. The Balaban J connectivity index is 1.46. The zero-order valence-corrected chi connectivity index (χ0v) is 19.6. The number of halogens is 2. The van der Waals surface area contributed by atoms with E-state index in [1.54, 1.807) is 23.1 Å². The van der Waals surface area contributed by atoms with Gasteiger partial charge in [-0.15, -0.1) is 0 Å². The second kappa shape index (κ2) is 10.8. The second-order valence-electron chi connectivity index (χ2n) is 7.94. The first-order chi connectivity index (χ1) is 16.0. The molecule has 0 bridgehead atoms. The molecule has 2 amide bonds. The minimum absolute atomic E-state index is 0.0565. The average Bonchev–Trinajstić information content (AvgIpc) is 2.84. The van der Waals surface area contributed by atoms with E-state index in [1.807, 2.05) is 60.7 Å². The third-order valence-corrected chi connectivity index (χ3v) is 6.45. The highest BCUT2D eigenvalue weighted by atomic mass is 35.5. The van der Waals surface area contributed by atoms with Crippen molar-refractivity contribution in [2.45, 2.75) is 12.6 Å². The van der Waals surface area contributed by atoms with Crippen LogP contribution in [0.2, 0.25) is 10.0 Å². The third kappa shape index (κ3) is 5.56. The van der Waals surface area contributed by atoms with E-state index in [-0.39, 0.29) is 11.8 Å². The van der Waals surface area contributed by atoms with Gasteiger partial charge in [0.2, 0.25) is 5.91 Å². The molecule has 170 valence electrons. The lowest BCUT2D eigenvalue weighted by atomic mass is 10.0. The van der Waals surface area contributed by atoms with Crippen LogP contribution in [0.15, 0.2) is 78.9 Å². The van der Waals surface area contributed by atoms with Crippen molar-refractivity contribution in [3.8, 4) is 0 Å². The predicted molar refractivity (Wildman–Crippen MR) is 131 cm³/mol. The zero-order chi connectivity index (χ0) is 23.2. The van der Waals surface area contributed by atoms with E-state index in [2.05, 4.69) is 10.2 Å². The molecule has 7 heteroatoms. The van der Waals surface area contributed by atoms with Crippen LogP contribution in [-0.4, -0.2) is 47.8 Å². The number of hydrogen-bond acceptors (Lipinski definition) is 3. The van der Waals surface area contributed by atoms with E-state index in [9.17, 15) is 9.59 Å². The predicted octanol–water partition coefficient (Wildman–Crippen LogP) is 4.81. The van der Waals surface area contributed by atoms with Crippen LogP contribution in [0.4, 0.5) is 0 Å². The summed E-state index contributed by atoms with van der Waals surface area (Å²) in [7, 11) is 0. The number of carbonyl (C=O) groups excluding carboxylic acids is 2. The molecule has 1 heterocycles. The summed E-state index contributed by atoms with van der Waals surface area (Å²) in [6.45, 7) is 2.55. The minimum atomic E-state index is -0.434. The second-order valence-corrected chi connectivity index (χ2v) is 8.76. The van der Waals surface area contributed by atoms with Crippen LogP contribution in [0.3, 0.4) is 0 Å².